The lowest BCUT2D eigenvalue weighted by molar-refractivity contribution is -0.139. The van der Waals surface area contributed by atoms with E-state index in [2.05, 4.69) is 81.4 Å². The summed E-state index contributed by atoms with van der Waals surface area (Å²) in [6.07, 6.45) is 3.31. The average molecular weight is 1020 g/mol. The zero-order chi connectivity index (χ0) is 50.5. The molecule has 73 heavy (non-hydrogen) atoms. The lowest BCUT2D eigenvalue weighted by Gasteiger charge is -2.29. The van der Waals surface area contributed by atoms with Crippen LogP contribution in [0.2, 0.25) is 0 Å². The fraction of sp³-hybridized carbons (Fsp3) is 0.434. The van der Waals surface area contributed by atoms with Crippen molar-refractivity contribution in [1.29, 1.82) is 0 Å². The number of alkyl halides is 6. The predicted octanol–water partition coefficient (Wildman–Crippen LogP) is 7.93. The van der Waals surface area contributed by atoms with Gasteiger partial charge in [-0.25, -0.2) is 19.9 Å². The summed E-state index contributed by atoms with van der Waals surface area (Å²) in [5.41, 5.74) is 14.6. The topological polar surface area (TPSA) is 205 Å². The first-order valence-electron chi connectivity index (χ1n) is 23.5. The molecule has 0 spiro atoms. The maximum absolute atomic E-state index is 13.7. The number of nitrogens with two attached hydrogens (primary N) is 2. The van der Waals surface area contributed by atoms with E-state index in [4.69, 9.17) is 11.5 Å². The Kier molecular flexibility index (Phi) is 20.5. The maximum atomic E-state index is 13.7. The van der Waals surface area contributed by atoms with Crippen LogP contribution in [0.25, 0.3) is 0 Å². The molecule has 0 radical (unpaired) electrons. The van der Waals surface area contributed by atoms with Crippen LogP contribution in [0.5, 0.6) is 0 Å². The Balaban J connectivity index is 0.000000264. The molecule has 8 rings (SSSR count). The third-order valence-electron chi connectivity index (χ3n) is 12.7. The number of carbonyl (C=O) groups excluding carboxylic acids is 2. The Morgan fingerprint density at radius 3 is 1.27 bits per heavy atom. The van der Waals surface area contributed by atoms with Crippen LogP contribution in [0, 0.1) is 0 Å². The van der Waals surface area contributed by atoms with Crippen LogP contribution in [0.3, 0.4) is 0 Å². The molecule has 0 aliphatic carbocycles. The second-order valence-electron chi connectivity index (χ2n) is 17.9. The first-order valence-corrected chi connectivity index (χ1v) is 23.5. The Morgan fingerprint density at radius 2 is 0.904 bits per heavy atom. The summed E-state index contributed by atoms with van der Waals surface area (Å²) >= 11 is 0. The zero-order valence-corrected chi connectivity index (χ0v) is 39.3. The van der Waals surface area contributed by atoms with Gasteiger partial charge in [0, 0.05) is 50.0 Å². The SMILES string of the molecule is C.C.CN1CCC(c2ccc(Cc3ncc(C(F)(F)F)c(CCc4nccnc4CC(N)=O)n3)cc2)CC1.NC(=O)Cc1nccnc1CCc1nc(Cc2ccc(C3CCNCC3)cc2)ncc1C(F)(F)F. The number of likely N-dealkylation sites (tertiary alicyclic amines) is 1. The highest BCUT2D eigenvalue weighted by Crippen LogP contribution is 2.34. The standard InChI is InChI=1S/C26H29F3N6O.C25H27F3N6O.2CH4/c1-35-12-8-19(9-13-35)18-4-2-17(3-5-18)14-25-33-16-20(26(27,28)29)21(34-25)6-7-22-23(15-24(30)36)32-11-10-31-22;26-25(27,28)19-15-33-24(13-16-1-3-17(4-2-16)18-7-9-30-10-8-18)34-20(19)5-6-21-22(14-23(29)35)32-12-11-31-21;;/h2-5,10-11,16,19H,6-9,12-15H2,1H3,(H2,30,36);1-4,11-12,15,18,30H,5-10,13-14H2,(H2,29,35);2*1H4. The van der Waals surface area contributed by atoms with Gasteiger partial charge in [-0.3, -0.25) is 29.5 Å². The molecule has 2 amide bonds. The van der Waals surface area contributed by atoms with E-state index in [9.17, 15) is 35.9 Å². The fourth-order valence-corrected chi connectivity index (χ4v) is 8.93. The molecule has 0 saturated carbocycles. The summed E-state index contributed by atoms with van der Waals surface area (Å²) in [5, 5.41) is 3.36. The van der Waals surface area contributed by atoms with E-state index in [0.717, 1.165) is 75.4 Å². The zero-order valence-electron chi connectivity index (χ0n) is 39.3. The summed E-state index contributed by atoms with van der Waals surface area (Å²) in [6.45, 7) is 4.17. The van der Waals surface area contributed by atoms with E-state index in [-0.39, 0.29) is 64.8 Å². The number of halogens is 6. The number of aromatic nitrogens is 8. The average Bonchev–Trinajstić information content (AvgIpc) is 3.34. The van der Waals surface area contributed by atoms with Gasteiger partial charge in [0.2, 0.25) is 11.8 Å². The molecule has 14 nitrogen and oxygen atoms in total. The molecular formula is C53H64F6N12O2. The molecule has 0 bridgehead atoms. The van der Waals surface area contributed by atoms with Crippen LogP contribution in [0.15, 0.2) is 85.7 Å². The number of nitrogens with one attached hydrogen (secondary N) is 1. The number of amides is 2. The normalized spacial score (nSPS) is 14.6. The van der Waals surface area contributed by atoms with Crippen molar-refractivity contribution < 1.29 is 35.9 Å². The van der Waals surface area contributed by atoms with Crippen molar-refractivity contribution in [3.8, 4) is 0 Å². The van der Waals surface area contributed by atoms with E-state index in [0.29, 0.717) is 59.1 Å². The molecule has 2 saturated heterocycles. The highest BCUT2D eigenvalue weighted by molar-refractivity contribution is 5.76. The Morgan fingerprint density at radius 1 is 0.548 bits per heavy atom. The molecular weight excluding hydrogens is 951 g/mol. The largest absolute Gasteiger partial charge is 0.419 e. The van der Waals surface area contributed by atoms with Gasteiger partial charge in [0.15, 0.2) is 0 Å². The molecule has 390 valence electrons. The number of hydrogen-bond acceptors (Lipinski definition) is 12. The summed E-state index contributed by atoms with van der Waals surface area (Å²) in [6, 6.07) is 16.4. The van der Waals surface area contributed by atoms with Crippen molar-refractivity contribution in [1.82, 2.24) is 50.1 Å². The van der Waals surface area contributed by atoms with Crippen LogP contribution in [-0.2, 0) is 73.3 Å². The molecule has 2 aliphatic heterocycles. The number of benzene rings is 2. The van der Waals surface area contributed by atoms with Crippen LogP contribution < -0.4 is 16.8 Å². The van der Waals surface area contributed by atoms with Gasteiger partial charge in [-0.2, -0.15) is 26.3 Å². The molecule has 0 unspecified atom stereocenters. The highest BCUT2D eigenvalue weighted by Gasteiger charge is 2.36. The van der Waals surface area contributed by atoms with Crippen molar-refractivity contribution >= 4 is 11.8 Å². The van der Waals surface area contributed by atoms with Crippen molar-refractivity contribution in [2.24, 2.45) is 11.5 Å². The minimum Gasteiger partial charge on any atom is -0.369 e. The Labute approximate surface area is 422 Å². The Bertz CT molecular complexity index is 2730. The van der Waals surface area contributed by atoms with Gasteiger partial charge in [0.05, 0.1) is 58.1 Å². The lowest BCUT2D eigenvalue weighted by atomic mass is 9.89. The minimum absolute atomic E-state index is 0. The monoisotopic (exact) mass is 1010 g/mol. The molecule has 2 fully saturated rings. The number of hydrogen-bond donors (Lipinski definition) is 3. The van der Waals surface area contributed by atoms with Crippen molar-refractivity contribution in [3.05, 3.63) is 165 Å². The molecule has 0 atom stereocenters. The third-order valence-corrected chi connectivity index (χ3v) is 12.7. The smallest absolute Gasteiger partial charge is 0.369 e. The number of piperidine rings is 2. The highest BCUT2D eigenvalue weighted by atomic mass is 19.4. The predicted molar refractivity (Wildman–Crippen MR) is 265 cm³/mol. The van der Waals surface area contributed by atoms with Gasteiger partial charge in [-0.1, -0.05) is 63.4 Å². The number of rotatable bonds is 16. The van der Waals surface area contributed by atoms with Crippen molar-refractivity contribution in [3.63, 3.8) is 0 Å². The van der Waals surface area contributed by atoms with E-state index in [1.807, 2.05) is 24.3 Å². The fourth-order valence-electron chi connectivity index (χ4n) is 8.93. The number of primary amides is 2. The van der Waals surface area contributed by atoms with Gasteiger partial charge >= 0.3 is 12.4 Å². The minimum atomic E-state index is -4.58. The maximum Gasteiger partial charge on any atom is 0.419 e. The second kappa shape index (κ2) is 26.2. The molecule has 6 aromatic rings. The van der Waals surface area contributed by atoms with Gasteiger partial charge < -0.3 is 21.7 Å². The van der Waals surface area contributed by atoms with E-state index < -0.39 is 35.3 Å². The number of aryl methyl sites for hydroxylation is 4. The van der Waals surface area contributed by atoms with Crippen LogP contribution in [0.1, 0.15) is 132 Å². The molecule has 4 aromatic heterocycles. The number of carbonyl (C=O) groups is 2. The first-order chi connectivity index (χ1) is 34.0. The van der Waals surface area contributed by atoms with Gasteiger partial charge in [0.25, 0.3) is 0 Å². The molecule has 5 N–H and O–H groups in total. The number of nitrogens with zero attached hydrogens (tertiary/aromatic N) is 9. The van der Waals surface area contributed by atoms with Crippen molar-refractivity contribution in [2.75, 3.05) is 33.2 Å². The third kappa shape index (κ3) is 16.6. The molecule has 2 aliphatic rings. The summed E-state index contributed by atoms with van der Waals surface area (Å²) in [4.78, 5) is 58.0. The first kappa shape index (κ1) is 57.1. The van der Waals surface area contributed by atoms with Crippen LogP contribution in [-0.4, -0.2) is 89.8 Å². The van der Waals surface area contributed by atoms with E-state index in [1.54, 1.807) is 0 Å². The van der Waals surface area contributed by atoms with Gasteiger partial charge in [-0.05, 0) is 119 Å². The summed E-state index contributed by atoms with van der Waals surface area (Å²) in [5.74, 6) is 0.530. The molecule has 6 heterocycles. The van der Waals surface area contributed by atoms with Gasteiger partial charge in [0.1, 0.15) is 11.6 Å². The Hall–Kier alpha value is -6.80. The van der Waals surface area contributed by atoms with Crippen LogP contribution >= 0.6 is 0 Å². The van der Waals surface area contributed by atoms with E-state index >= 15 is 0 Å². The van der Waals surface area contributed by atoms with Crippen LogP contribution in [0.4, 0.5) is 26.3 Å². The summed E-state index contributed by atoms with van der Waals surface area (Å²) in [7, 11) is 2.13. The molecule has 20 heteroatoms. The lowest BCUT2D eigenvalue weighted by Crippen LogP contribution is -2.29. The molecule has 2 aromatic carbocycles. The summed E-state index contributed by atoms with van der Waals surface area (Å²) < 4.78 is 81.9. The van der Waals surface area contributed by atoms with Crippen molar-refractivity contribution in [2.45, 2.75) is 116 Å². The second-order valence-corrected chi connectivity index (χ2v) is 17.9. The van der Waals surface area contributed by atoms with Gasteiger partial charge in [-0.15, -0.1) is 0 Å². The quantitative estimate of drug-likeness (QED) is 0.0792. The van der Waals surface area contributed by atoms with E-state index in [1.165, 1.54) is 35.9 Å².